The highest BCUT2D eigenvalue weighted by Crippen LogP contribution is 2.35. The molecule has 2 atom stereocenters. The predicted molar refractivity (Wildman–Crippen MR) is 109 cm³/mol. The van der Waals surface area contributed by atoms with Crippen molar-refractivity contribution >= 4 is 38.8 Å². The molecule has 136 valence electrons. The van der Waals surface area contributed by atoms with Crippen molar-refractivity contribution in [2.45, 2.75) is 38.4 Å². The van der Waals surface area contributed by atoms with Crippen LogP contribution in [0.4, 0.5) is 0 Å². The second-order valence-electron chi connectivity index (χ2n) is 6.90. The molecule has 0 saturated carbocycles. The summed E-state index contributed by atoms with van der Waals surface area (Å²) < 4.78 is 1.17. The Bertz CT molecular complexity index is 856. The van der Waals surface area contributed by atoms with Gasteiger partial charge in [-0.3, -0.25) is 9.69 Å². The SMILES string of the molecule is C[C@@H](C(=O)N(C)Cc1nc2ccccc2s1)N1CCC[C@H]1c1ccsc1. The average molecular weight is 386 g/mol. The van der Waals surface area contributed by atoms with E-state index in [-0.39, 0.29) is 11.9 Å². The van der Waals surface area contributed by atoms with Gasteiger partial charge in [0.15, 0.2) is 0 Å². The van der Waals surface area contributed by atoms with E-state index in [0.29, 0.717) is 12.6 Å². The van der Waals surface area contributed by atoms with Crippen molar-refractivity contribution in [1.29, 1.82) is 0 Å². The van der Waals surface area contributed by atoms with Gasteiger partial charge < -0.3 is 4.90 Å². The van der Waals surface area contributed by atoms with Gasteiger partial charge in [-0.15, -0.1) is 11.3 Å². The summed E-state index contributed by atoms with van der Waals surface area (Å²) in [6.07, 6.45) is 2.29. The second kappa shape index (κ2) is 7.47. The number of carbonyl (C=O) groups excluding carboxylic acids is 1. The maximum absolute atomic E-state index is 13.0. The summed E-state index contributed by atoms with van der Waals surface area (Å²) in [6, 6.07) is 10.6. The highest BCUT2D eigenvalue weighted by atomic mass is 32.1. The van der Waals surface area contributed by atoms with E-state index in [1.165, 1.54) is 10.3 Å². The molecule has 2 aromatic heterocycles. The number of benzene rings is 1. The molecule has 0 aliphatic carbocycles. The number of thiophene rings is 1. The van der Waals surface area contributed by atoms with Gasteiger partial charge in [0.1, 0.15) is 5.01 Å². The number of para-hydroxylation sites is 1. The number of thiazole rings is 1. The molecule has 1 aromatic carbocycles. The molecule has 1 aliphatic rings. The van der Waals surface area contributed by atoms with Crippen molar-refractivity contribution in [2.75, 3.05) is 13.6 Å². The van der Waals surface area contributed by atoms with E-state index in [0.717, 1.165) is 29.9 Å². The summed E-state index contributed by atoms with van der Waals surface area (Å²) in [5.41, 5.74) is 2.36. The van der Waals surface area contributed by atoms with E-state index in [2.05, 4.69) is 32.8 Å². The van der Waals surface area contributed by atoms with Crippen LogP contribution in [0.3, 0.4) is 0 Å². The molecule has 4 rings (SSSR count). The Labute approximate surface area is 162 Å². The van der Waals surface area contributed by atoms with Crippen LogP contribution in [0, 0.1) is 0 Å². The lowest BCUT2D eigenvalue weighted by atomic mass is 10.1. The molecule has 1 fully saturated rings. The Morgan fingerprint density at radius 2 is 2.23 bits per heavy atom. The number of carbonyl (C=O) groups is 1. The second-order valence-corrected chi connectivity index (χ2v) is 8.79. The summed E-state index contributed by atoms with van der Waals surface area (Å²) in [6.45, 7) is 3.60. The average Bonchev–Trinajstić information content (AvgIpc) is 3.38. The molecule has 1 aliphatic heterocycles. The number of rotatable bonds is 5. The van der Waals surface area contributed by atoms with Crippen molar-refractivity contribution in [3.05, 3.63) is 51.7 Å². The van der Waals surface area contributed by atoms with Crippen LogP contribution in [0.5, 0.6) is 0 Å². The molecule has 26 heavy (non-hydrogen) atoms. The highest BCUT2D eigenvalue weighted by Gasteiger charge is 2.34. The summed E-state index contributed by atoms with van der Waals surface area (Å²) in [5, 5.41) is 5.33. The van der Waals surface area contributed by atoms with Gasteiger partial charge in [-0.1, -0.05) is 12.1 Å². The number of hydrogen-bond acceptors (Lipinski definition) is 5. The zero-order valence-electron chi connectivity index (χ0n) is 15.1. The molecule has 0 radical (unpaired) electrons. The third kappa shape index (κ3) is 3.41. The normalized spacial score (nSPS) is 19.1. The van der Waals surface area contributed by atoms with Gasteiger partial charge in [-0.05, 0) is 60.8 Å². The summed E-state index contributed by atoms with van der Waals surface area (Å²) >= 11 is 3.40. The minimum atomic E-state index is -0.109. The zero-order chi connectivity index (χ0) is 18.1. The minimum Gasteiger partial charge on any atom is -0.338 e. The molecule has 0 spiro atoms. The van der Waals surface area contributed by atoms with Gasteiger partial charge in [0.25, 0.3) is 0 Å². The van der Waals surface area contributed by atoms with Crippen LogP contribution in [0.1, 0.15) is 36.4 Å². The lowest BCUT2D eigenvalue weighted by Gasteiger charge is -2.32. The number of nitrogens with zero attached hydrogens (tertiary/aromatic N) is 3. The molecule has 3 aromatic rings. The maximum atomic E-state index is 13.0. The Morgan fingerprint density at radius 1 is 1.38 bits per heavy atom. The van der Waals surface area contributed by atoms with E-state index in [1.807, 2.05) is 37.1 Å². The standard InChI is InChI=1S/C20H23N3OS2/c1-14(23-10-5-7-17(23)15-9-11-25-13-15)20(24)22(2)12-19-21-16-6-3-4-8-18(16)26-19/h3-4,6,8-9,11,13-14,17H,5,7,10,12H2,1-2H3/t14-,17-/m0/s1. The number of likely N-dealkylation sites (N-methyl/N-ethyl adjacent to an activating group) is 1. The molecule has 1 saturated heterocycles. The number of hydrogen-bond donors (Lipinski definition) is 0. The molecule has 1 amide bonds. The number of amides is 1. The number of aromatic nitrogens is 1. The molecule has 0 unspecified atom stereocenters. The predicted octanol–water partition coefficient (Wildman–Crippen LogP) is 4.54. The Hall–Kier alpha value is -1.76. The van der Waals surface area contributed by atoms with E-state index < -0.39 is 0 Å². The molecule has 0 N–H and O–H groups in total. The number of likely N-dealkylation sites (tertiary alicyclic amines) is 1. The maximum Gasteiger partial charge on any atom is 0.239 e. The first-order valence-electron chi connectivity index (χ1n) is 9.01. The van der Waals surface area contributed by atoms with Crippen LogP contribution in [0.25, 0.3) is 10.2 Å². The Morgan fingerprint density at radius 3 is 3.00 bits per heavy atom. The van der Waals surface area contributed by atoms with Crippen LogP contribution in [-0.4, -0.2) is 40.3 Å². The first kappa shape index (κ1) is 17.6. The van der Waals surface area contributed by atoms with Crippen LogP contribution in [-0.2, 0) is 11.3 Å². The fourth-order valence-corrected chi connectivity index (χ4v) is 5.53. The highest BCUT2D eigenvalue weighted by molar-refractivity contribution is 7.18. The smallest absolute Gasteiger partial charge is 0.239 e. The molecular formula is C20H23N3OS2. The van der Waals surface area contributed by atoms with E-state index in [4.69, 9.17) is 0 Å². The first-order chi connectivity index (χ1) is 12.6. The third-order valence-electron chi connectivity index (χ3n) is 5.16. The molecule has 3 heterocycles. The zero-order valence-corrected chi connectivity index (χ0v) is 16.7. The molecule has 6 heteroatoms. The minimum absolute atomic E-state index is 0.109. The topological polar surface area (TPSA) is 36.4 Å². The van der Waals surface area contributed by atoms with Gasteiger partial charge >= 0.3 is 0 Å². The summed E-state index contributed by atoms with van der Waals surface area (Å²) in [5.74, 6) is 0.173. The van der Waals surface area contributed by atoms with Crippen molar-refractivity contribution in [3.8, 4) is 0 Å². The number of fused-ring (bicyclic) bond motifs is 1. The quantitative estimate of drug-likeness (QED) is 0.647. The third-order valence-corrected chi connectivity index (χ3v) is 6.89. The largest absolute Gasteiger partial charge is 0.338 e. The van der Waals surface area contributed by atoms with Crippen LogP contribution < -0.4 is 0 Å². The fraction of sp³-hybridized carbons (Fsp3) is 0.400. The lowest BCUT2D eigenvalue weighted by Crippen LogP contribution is -2.45. The monoisotopic (exact) mass is 385 g/mol. The van der Waals surface area contributed by atoms with Gasteiger partial charge in [0, 0.05) is 13.1 Å². The Kier molecular flexibility index (Phi) is 5.07. The van der Waals surface area contributed by atoms with Gasteiger partial charge in [0.2, 0.25) is 5.91 Å². The summed E-state index contributed by atoms with van der Waals surface area (Å²) in [7, 11) is 1.89. The van der Waals surface area contributed by atoms with E-state index in [1.54, 1.807) is 22.7 Å². The Balaban J connectivity index is 1.45. The van der Waals surface area contributed by atoms with Gasteiger partial charge in [-0.25, -0.2) is 4.98 Å². The van der Waals surface area contributed by atoms with Crippen molar-refractivity contribution in [1.82, 2.24) is 14.8 Å². The van der Waals surface area contributed by atoms with Crippen molar-refractivity contribution in [3.63, 3.8) is 0 Å². The van der Waals surface area contributed by atoms with Crippen molar-refractivity contribution in [2.24, 2.45) is 0 Å². The molecule has 4 nitrogen and oxygen atoms in total. The van der Waals surface area contributed by atoms with E-state index in [9.17, 15) is 4.79 Å². The van der Waals surface area contributed by atoms with Crippen LogP contribution in [0.2, 0.25) is 0 Å². The van der Waals surface area contributed by atoms with Gasteiger partial charge in [0.05, 0.1) is 22.8 Å². The molecular weight excluding hydrogens is 362 g/mol. The van der Waals surface area contributed by atoms with Crippen molar-refractivity contribution < 1.29 is 4.79 Å². The van der Waals surface area contributed by atoms with E-state index >= 15 is 0 Å². The van der Waals surface area contributed by atoms with Gasteiger partial charge in [-0.2, -0.15) is 11.3 Å². The first-order valence-corrected chi connectivity index (χ1v) is 10.8. The van der Waals surface area contributed by atoms with Crippen LogP contribution >= 0.6 is 22.7 Å². The lowest BCUT2D eigenvalue weighted by molar-refractivity contribution is -0.136. The summed E-state index contributed by atoms with van der Waals surface area (Å²) in [4.78, 5) is 21.9. The molecule has 0 bridgehead atoms. The fourth-order valence-electron chi connectivity index (χ4n) is 3.80. The van der Waals surface area contributed by atoms with Crippen LogP contribution in [0.15, 0.2) is 41.1 Å².